The lowest BCUT2D eigenvalue weighted by molar-refractivity contribution is -0.119. The lowest BCUT2D eigenvalue weighted by atomic mass is 9.86. The predicted molar refractivity (Wildman–Crippen MR) is 130 cm³/mol. The lowest BCUT2D eigenvalue weighted by Gasteiger charge is -2.30. The molecule has 9 heteroatoms. The van der Waals surface area contributed by atoms with Crippen LogP contribution in [0.3, 0.4) is 0 Å². The second kappa shape index (κ2) is 7.66. The maximum absolute atomic E-state index is 12.3. The van der Waals surface area contributed by atoms with Crippen LogP contribution in [0.1, 0.15) is 32.3 Å². The van der Waals surface area contributed by atoms with Crippen LogP contribution in [0.4, 0.5) is 23.1 Å². The second-order valence-corrected chi connectivity index (χ2v) is 9.74. The molecule has 3 aliphatic rings. The number of rotatable bonds is 4. The van der Waals surface area contributed by atoms with Crippen molar-refractivity contribution in [1.82, 2.24) is 19.6 Å². The van der Waals surface area contributed by atoms with E-state index in [9.17, 15) is 9.90 Å². The van der Waals surface area contributed by atoms with E-state index in [-0.39, 0.29) is 11.9 Å². The molecule has 3 aromatic rings. The molecule has 1 aromatic carbocycles. The SMILES string of the molecule is CC1(C)C(=O)Nc2cc(Nc3nc4c(N5CC(O)CC5C5C=CC=CC5)nccn4n3)ccc21. The van der Waals surface area contributed by atoms with E-state index in [0.717, 1.165) is 29.2 Å². The van der Waals surface area contributed by atoms with Gasteiger partial charge in [0.1, 0.15) is 0 Å². The van der Waals surface area contributed by atoms with Gasteiger partial charge in [-0.3, -0.25) is 4.79 Å². The highest BCUT2D eigenvalue weighted by atomic mass is 16.3. The van der Waals surface area contributed by atoms with Gasteiger partial charge >= 0.3 is 0 Å². The molecule has 2 aliphatic heterocycles. The number of aliphatic hydroxyl groups excluding tert-OH is 1. The number of benzene rings is 1. The highest BCUT2D eigenvalue weighted by Crippen LogP contribution is 2.39. The summed E-state index contributed by atoms with van der Waals surface area (Å²) in [5.41, 5.74) is 2.65. The molecule has 1 fully saturated rings. The fourth-order valence-corrected chi connectivity index (χ4v) is 5.24. The molecule has 6 rings (SSSR count). The fraction of sp³-hybridized carbons (Fsp3) is 0.360. The van der Waals surface area contributed by atoms with Gasteiger partial charge < -0.3 is 20.6 Å². The average Bonchev–Trinajstić information content (AvgIpc) is 3.47. The summed E-state index contributed by atoms with van der Waals surface area (Å²) in [6.07, 6.45) is 13.2. The third kappa shape index (κ3) is 3.35. The highest BCUT2D eigenvalue weighted by Gasteiger charge is 2.39. The summed E-state index contributed by atoms with van der Waals surface area (Å²) in [6, 6.07) is 5.94. The Kier molecular flexibility index (Phi) is 4.70. The Morgan fingerprint density at radius 1 is 1.26 bits per heavy atom. The van der Waals surface area contributed by atoms with Crippen molar-refractivity contribution in [3.8, 4) is 0 Å². The van der Waals surface area contributed by atoms with Gasteiger partial charge in [-0.1, -0.05) is 30.4 Å². The second-order valence-electron chi connectivity index (χ2n) is 9.74. The molecule has 174 valence electrons. The van der Waals surface area contributed by atoms with Gasteiger partial charge in [0.15, 0.2) is 11.5 Å². The van der Waals surface area contributed by atoms with Crippen molar-refractivity contribution in [3.63, 3.8) is 0 Å². The zero-order valence-electron chi connectivity index (χ0n) is 19.1. The largest absolute Gasteiger partial charge is 0.391 e. The molecule has 0 saturated carbocycles. The Labute approximate surface area is 197 Å². The third-order valence-corrected chi connectivity index (χ3v) is 7.10. The Morgan fingerprint density at radius 3 is 2.97 bits per heavy atom. The maximum atomic E-state index is 12.3. The first-order valence-corrected chi connectivity index (χ1v) is 11.6. The van der Waals surface area contributed by atoms with Crippen molar-refractivity contribution >= 4 is 34.7 Å². The Bertz CT molecular complexity index is 1340. The molecule has 0 radical (unpaired) electrons. The summed E-state index contributed by atoms with van der Waals surface area (Å²) in [4.78, 5) is 23.8. The van der Waals surface area contributed by atoms with E-state index in [1.54, 1.807) is 16.9 Å². The van der Waals surface area contributed by atoms with E-state index < -0.39 is 11.5 Å². The van der Waals surface area contributed by atoms with E-state index in [0.29, 0.717) is 30.5 Å². The molecular weight excluding hydrogens is 430 g/mol. The summed E-state index contributed by atoms with van der Waals surface area (Å²) >= 11 is 0. The van der Waals surface area contributed by atoms with Crippen LogP contribution in [-0.2, 0) is 10.2 Å². The molecule has 0 spiro atoms. The topological polar surface area (TPSA) is 108 Å². The normalized spacial score (nSPS) is 25.1. The molecule has 1 amide bonds. The number of fused-ring (bicyclic) bond motifs is 2. The van der Waals surface area contributed by atoms with Crippen LogP contribution in [0, 0.1) is 5.92 Å². The number of allylic oxidation sites excluding steroid dienone is 3. The monoisotopic (exact) mass is 457 g/mol. The van der Waals surface area contributed by atoms with Crippen molar-refractivity contribution in [1.29, 1.82) is 0 Å². The van der Waals surface area contributed by atoms with Crippen LogP contribution in [0.5, 0.6) is 0 Å². The van der Waals surface area contributed by atoms with Crippen molar-refractivity contribution in [2.45, 2.75) is 44.2 Å². The van der Waals surface area contributed by atoms with E-state index >= 15 is 0 Å². The molecule has 1 saturated heterocycles. The smallest absolute Gasteiger partial charge is 0.247 e. The van der Waals surface area contributed by atoms with Crippen LogP contribution in [-0.4, -0.2) is 49.3 Å². The number of carbonyl (C=O) groups is 1. The first kappa shape index (κ1) is 20.9. The number of amides is 1. The molecule has 3 unspecified atom stereocenters. The zero-order chi connectivity index (χ0) is 23.4. The van der Waals surface area contributed by atoms with Crippen LogP contribution < -0.4 is 15.5 Å². The number of nitrogens with zero attached hydrogens (tertiary/aromatic N) is 5. The van der Waals surface area contributed by atoms with Crippen molar-refractivity contribution < 1.29 is 9.90 Å². The summed E-state index contributed by atoms with van der Waals surface area (Å²) in [5, 5.41) is 21.3. The first-order valence-electron chi connectivity index (χ1n) is 11.6. The zero-order valence-corrected chi connectivity index (χ0v) is 19.1. The summed E-state index contributed by atoms with van der Waals surface area (Å²) in [7, 11) is 0. The fourth-order valence-electron chi connectivity index (χ4n) is 5.24. The summed E-state index contributed by atoms with van der Waals surface area (Å²) in [6.45, 7) is 4.35. The van der Waals surface area contributed by atoms with E-state index in [1.807, 2.05) is 32.0 Å². The van der Waals surface area contributed by atoms with Crippen LogP contribution in [0.25, 0.3) is 5.65 Å². The molecule has 2 aromatic heterocycles. The Balaban J connectivity index is 1.31. The maximum Gasteiger partial charge on any atom is 0.247 e. The third-order valence-electron chi connectivity index (χ3n) is 7.10. The number of carbonyl (C=O) groups excluding carboxylic acids is 1. The molecule has 34 heavy (non-hydrogen) atoms. The number of aliphatic hydroxyl groups is 1. The minimum atomic E-state index is -0.546. The lowest BCUT2D eigenvalue weighted by Crippen LogP contribution is -2.36. The Hall–Kier alpha value is -3.72. The van der Waals surface area contributed by atoms with Gasteiger partial charge in [0.25, 0.3) is 0 Å². The molecule has 4 heterocycles. The number of hydrogen-bond acceptors (Lipinski definition) is 7. The predicted octanol–water partition coefficient (Wildman–Crippen LogP) is 3.17. The van der Waals surface area contributed by atoms with Gasteiger partial charge in [-0.05, 0) is 44.4 Å². The van der Waals surface area contributed by atoms with Crippen LogP contribution in [0.2, 0.25) is 0 Å². The Morgan fingerprint density at radius 2 is 2.15 bits per heavy atom. The molecule has 1 aliphatic carbocycles. The first-order chi connectivity index (χ1) is 16.4. The number of aromatic nitrogens is 4. The number of anilines is 4. The van der Waals surface area contributed by atoms with E-state index in [1.165, 1.54) is 0 Å². The number of hydrogen-bond donors (Lipinski definition) is 3. The van der Waals surface area contributed by atoms with Gasteiger partial charge in [-0.25, -0.2) is 9.50 Å². The van der Waals surface area contributed by atoms with Gasteiger partial charge in [0.05, 0.1) is 11.5 Å². The van der Waals surface area contributed by atoms with Crippen LogP contribution in [0.15, 0.2) is 54.9 Å². The van der Waals surface area contributed by atoms with Gasteiger partial charge in [-0.2, -0.15) is 4.98 Å². The highest BCUT2D eigenvalue weighted by molar-refractivity contribution is 6.06. The average molecular weight is 458 g/mol. The molecular formula is C25H27N7O2. The molecule has 3 N–H and O–H groups in total. The standard InChI is InChI=1S/C25H27N7O2/c1-25(2)18-9-8-16(12-19(18)28-23(25)34)27-24-29-22-21(26-10-11-32(22)30-24)31-14-17(33)13-20(31)15-6-4-3-5-7-15/h3-6,8-12,15,17,20,33H,7,13-14H2,1-2H3,(H,27,30)(H,28,34). The molecule has 9 nitrogen and oxygen atoms in total. The number of β-amino-alcohol motifs (C(OH)–C–C–N with tert-alkyl or cyclic N) is 1. The number of nitrogens with one attached hydrogen (secondary N) is 2. The van der Waals surface area contributed by atoms with Crippen LogP contribution >= 0.6 is 0 Å². The van der Waals surface area contributed by atoms with E-state index in [2.05, 4.69) is 49.9 Å². The van der Waals surface area contributed by atoms with Gasteiger partial charge in [-0.15, -0.1) is 5.10 Å². The minimum Gasteiger partial charge on any atom is -0.391 e. The molecule has 3 atom stereocenters. The van der Waals surface area contributed by atoms with Gasteiger partial charge in [0, 0.05) is 42.3 Å². The van der Waals surface area contributed by atoms with Crippen molar-refractivity contribution in [2.24, 2.45) is 5.92 Å². The van der Waals surface area contributed by atoms with E-state index in [4.69, 9.17) is 4.98 Å². The summed E-state index contributed by atoms with van der Waals surface area (Å²) in [5.74, 6) is 1.47. The van der Waals surface area contributed by atoms with Gasteiger partial charge in [0.2, 0.25) is 11.9 Å². The van der Waals surface area contributed by atoms with Crippen molar-refractivity contribution in [2.75, 3.05) is 22.1 Å². The quantitative estimate of drug-likeness (QED) is 0.552. The minimum absolute atomic E-state index is 0.00752. The summed E-state index contributed by atoms with van der Waals surface area (Å²) < 4.78 is 1.71. The van der Waals surface area contributed by atoms with Crippen molar-refractivity contribution in [3.05, 3.63) is 60.5 Å². The molecule has 0 bridgehead atoms.